The van der Waals surface area contributed by atoms with Gasteiger partial charge in [0.05, 0.1) is 18.7 Å². The van der Waals surface area contributed by atoms with Gasteiger partial charge in [0.15, 0.2) is 0 Å². The summed E-state index contributed by atoms with van der Waals surface area (Å²) in [5, 5.41) is 20.6. The maximum atomic E-state index is 10.5. The first-order chi connectivity index (χ1) is 7.17. The third-order valence-electron chi connectivity index (χ3n) is 2.18. The molecular formula is C10H15NO4. The third-order valence-corrected chi connectivity index (χ3v) is 2.18. The second-order valence-electron chi connectivity index (χ2n) is 3.28. The highest BCUT2D eigenvalue weighted by Crippen LogP contribution is 2.07. The zero-order valence-electron chi connectivity index (χ0n) is 8.56. The average molecular weight is 213 g/mol. The first kappa shape index (κ1) is 11.7. The van der Waals surface area contributed by atoms with Crippen LogP contribution < -0.4 is 5.32 Å². The maximum Gasteiger partial charge on any atom is 0.338 e. The molecule has 84 valence electrons. The van der Waals surface area contributed by atoms with Gasteiger partial charge in [0, 0.05) is 6.04 Å². The Balaban J connectivity index is 2.47. The molecule has 15 heavy (non-hydrogen) atoms. The molecule has 1 heterocycles. The highest BCUT2D eigenvalue weighted by Gasteiger charge is 2.09. The smallest absolute Gasteiger partial charge is 0.338 e. The van der Waals surface area contributed by atoms with Crippen LogP contribution in [0.2, 0.25) is 0 Å². The molecule has 0 radical (unpaired) electrons. The van der Waals surface area contributed by atoms with Crippen LogP contribution in [0.1, 0.15) is 29.5 Å². The number of carboxylic acid groups (broad SMARTS) is 1. The minimum absolute atomic E-state index is 0.0170. The van der Waals surface area contributed by atoms with Crippen molar-refractivity contribution in [3.05, 3.63) is 23.7 Å². The van der Waals surface area contributed by atoms with Gasteiger partial charge in [-0.3, -0.25) is 0 Å². The number of aliphatic hydroxyl groups excluding tert-OH is 1. The lowest BCUT2D eigenvalue weighted by Crippen LogP contribution is -2.30. The van der Waals surface area contributed by atoms with E-state index in [0.29, 0.717) is 12.3 Å². The normalized spacial score (nSPS) is 12.7. The zero-order chi connectivity index (χ0) is 11.3. The van der Waals surface area contributed by atoms with E-state index in [1.807, 2.05) is 6.92 Å². The Labute approximate surface area is 87.7 Å². The summed E-state index contributed by atoms with van der Waals surface area (Å²) in [6.45, 7) is 2.44. The van der Waals surface area contributed by atoms with E-state index in [2.05, 4.69) is 5.32 Å². The van der Waals surface area contributed by atoms with Crippen molar-refractivity contribution in [3.63, 3.8) is 0 Å². The number of furan rings is 1. The van der Waals surface area contributed by atoms with Gasteiger partial charge in [-0.1, -0.05) is 6.92 Å². The third kappa shape index (κ3) is 3.38. The molecule has 0 fully saturated rings. The Kier molecular flexibility index (Phi) is 4.33. The molecule has 0 aliphatic rings. The van der Waals surface area contributed by atoms with E-state index >= 15 is 0 Å². The van der Waals surface area contributed by atoms with Gasteiger partial charge in [0.25, 0.3) is 0 Å². The summed E-state index contributed by atoms with van der Waals surface area (Å²) in [4.78, 5) is 10.5. The molecule has 0 amide bonds. The minimum atomic E-state index is -1.00. The van der Waals surface area contributed by atoms with Gasteiger partial charge in [-0.2, -0.15) is 0 Å². The van der Waals surface area contributed by atoms with E-state index in [-0.39, 0.29) is 18.2 Å². The van der Waals surface area contributed by atoms with Crippen molar-refractivity contribution in [2.24, 2.45) is 0 Å². The minimum Gasteiger partial charge on any atom is -0.478 e. The molecule has 0 aliphatic carbocycles. The second-order valence-corrected chi connectivity index (χ2v) is 3.28. The Morgan fingerprint density at radius 2 is 2.40 bits per heavy atom. The van der Waals surface area contributed by atoms with Crippen LogP contribution in [-0.4, -0.2) is 28.8 Å². The fourth-order valence-corrected chi connectivity index (χ4v) is 1.17. The molecular weight excluding hydrogens is 198 g/mol. The standard InChI is InChI=1S/C10H15NO4/c1-2-8(5-12)11-4-9-3-7(6-15-9)10(13)14/h3,6,8,11-12H,2,4-5H2,1H3,(H,13,14). The molecule has 1 aromatic rings. The number of hydrogen-bond donors (Lipinski definition) is 3. The first-order valence-corrected chi connectivity index (χ1v) is 4.82. The lowest BCUT2D eigenvalue weighted by Gasteiger charge is -2.11. The van der Waals surface area contributed by atoms with E-state index in [1.165, 1.54) is 12.3 Å². The van der Waals surface area contributed by atoms with E-state index in [0.717, 1.165) is 6.42 Å². The zero-order valence-corrected chi connectivity index (χ0v) is 8.56. The van der Waals surface area contributed by atoms with Crippen LogP contribution >= 0.6 is 0 Å². The van der Waals surface area contributed by atoms with Crippen molar-refractivity contribution >= 4 is 5.97 Å². The summed E-state index contributed by atoms with van der Waals surface area (Å²) in [5.74, 6) is -0.446. The van der Waals surface area contributed by atoms with E-state index in [9.17, 15) is 4.79 Å². The highest BCUT2D eigenvalue weighted by atomic mass is 16.4. The molecule has 3 N–H and O–H groups in total. The quantitative estimate of drug-likeness (QED) is 0.652. The fraction of sp³-hybridized carbons (Fsp3) is 0.500. The molecule has 1 rings (SSSR count). The van der Waals surface area contributed by atoms with Gasteiger partial charge >= 0.3 is 5.97 Å². The molecule has 5 nitrogen and oxygen atoms in total. The van der Waals surface area contributed by atoms with Crippen molar-refractivity contribution in [1.82, 2.24) is 5.32 Å². The van der Waals surface area contributed by atoms with Crippen LogP contribution in [0.25, 0.3) is 0 Å². The number of aromatic carboxylic acids is 1. The van der Waals surface area contributed by atoms with Crippen LogP contribution in [0, 0.1) is 0 Å². The van der Waals surface area contributed by atoms with Crippen molar-refractivity contribution < 1.29 is 19.4 Å². The van der Waals surface area contributed by atoms with E-state index in [4.69, 9.17) is 14.6 Å². The Morgan fingerprint density at radius 1 is 1.67 bits per heavy atom. The maximum absolute atomic E-state index is 10.5. The fourth-order valence-electron chi connectivity index (χ4n) is 1.17. The van der Waals surface area contributed by atoms with Crippen molar-refractivity contribution in [3.8, 4) is 0 Å². The second kappa shape index (κ2) is 5.53. The number of carbonyl (C=O) groups is 1. The predicted octanol–water partition coefficient (Wildman–Crippen LogP) is 0.838. The molecule has 0 aliphatic heterocycles. The lowest BCUT2D eigenvalue weighted by molar-refractivity contribution is 0.0696. The van der Waals surface area contributed by atoms with Crippen molar-refractivity contribution in [1.29, 1.82) is 0 Å². The summed E-state index contributed by atoms with van der Waals surface area (Å²) < 4.78 is 5.04. The predicted molar refractivity (Wildman–Crippen MR) is 53.7 cm³/mol. The summed E-state index contributed by atoms with van der Waals surface area (Å²) in [7, 11) is 0. The Hall–Kier alpha value is -1.33. The summed E-state index contributed by atoms with van der Waals surface area (Å²) in [5.41, 5.74) is 0.142. The molecule has 0 aromatic carbocycles. The summed E-state index contributed by atoms with van der Waals surface area (Å²) >= 11 is 0. The van der Waals surface area contributed by atoms with Crippen LogP contribution in [0.4, 0.5) is 0 Å². The largest absolute Gasteiger partial charge is 0.478 e. The molecule has 5 heteroatoms. The topological polar surface area (TPSA) is 82.7 Å². The van der Waals surface area contributed by atoms with Gasteiger partial charge < -0.3 is 19.9 Å². The molecule has 0 bridgehead atoms. The van der Waals surface area contributed by atoms with Crippen LogP contribution in [0.3, 0.4) is 0 Å². The van der Waals surface area contributed by atoms with Crippen molar-refractivity contribution in [2.45, 2.75) is 25.9 Å². The van der Waals surface area contributed by atoms with Gasteiger partial charge in [-0.25, -0.2) is 4.79 Å². The van der Waals surface area contributed by atoms with Gasteiger partial charge in [-0.15, -0.1) is 0 Å². The van der Waals surface area contributed by atoms with Crippen LogP contribution in [-0.2, 0) is 6.54 Å². The molecule has 1 atom stereocenters. The molecule has 1 unspecified atom stereocenters. The van der Waals surface area contributed by atoms with Gasteiger partial charge in [0.1, 0.15) is 12.0 Å². The number of aliphatic hydroxyl groups is 1. The Morgan fingerprint density at radius 3 is 2.87 bits per heavy atom. The molecule has 0 saturated carbocycles. The van der Waals surface area contributed by atoms with Crippen LogP contribution in [0.5, 0.6) is 0 Å². The van der Waals surface area contributed by atoms with E-state index in [1.54, 1.807) is 0 Å². The van der Waals surface area contributed by atoms with Crippen molar-refractivity contribution in [2.75, 3.05) is 6.61 Å². The average Bonchev–Trinajstić information content (AvgIpc) is 2.68. The number of hydrogen-bond acceptors (Lipinski definition) is 4. The SMILES string of the molecule is CCC(CO)NCc1cc(C(=O)O)co1. The number of rotatable bonds is 6. The molecule has 1 aromatic heterocycles. The first-order valence-electron chi connectivity index (χ1n) is 4.82. The Bertz CT molecular complexity index is 317. The monoisotopic (exact) mass is 213 g/mol. The molecule has 0 saturated heterocycles. The van der Waals surface area contributed by atoms with E-state index < -0.39 is 5.97 Å². The number of carboxylic acids is 1. The lowest BCUT2D eigenvalue weighted by atomic mass is 10.2. The highest BCUT2D eigenvalue weighted by molar-refractivity contribution is 5.87. The van der Waals surface area contributed by atoms with Gasteiger partial charge in [-0.05, 0) is 12.5 Å². The molecule has 0 spiro atoms. The summed E-state index contributed by atoms with van der Waals surface area (Å²) in [6, 6.07) is 1.49. The number of nitrogens with one attached hydrogen (secondary N) is 1. The van der Waals surface area contributed by atoms with Crippen LogP contribution in [0.15, 0.2) is 16.7 Å². The van der Waals surface area contributed by atoms with Gasteiger partial charge in [0.2, 0.25) is 0 Å². The summed E-state index contributed by atoms with van der Waals surface area (Å²) in [6.07, 6.45) is 2.02.